The summed E-state index contributed by atoms with van der Waals surface area (Å²) in [6.07, 6.45) is -3.16. The molecule has 0 radical (unpaired) electrons. The number of benzene rings is 2. The number of nitrogens with one attached hydrogen (secondary N) is 1. The number of aliphatic imine (C=N–C) groups is 1. The highest BCUT2D eigenvalue weighted by atomic mass is 35.5. The molecular weight excluding hydrogens is 472 g/mol. The van der Waals surface area contributed by atoms with Crippen molar-refractivity contribution in [1.29, 1.82) is 0 Å². The van der Waals surface area contributed by atoms with E-state index in [1.54, 1.807) is 30.3 Å². The molecule has 0 atom stereocenters. The Balaban J connectivity index is 1.60. The van der Waals surface area contributed by atoms with Crippen molar-refractivity contribution in [2.75, 3.05) is 0 Å². The summed E-state index contributed by atoms with van der Waals surface area (Å²) in [5.74, 6) is 0.406. The van der Waals surface area contributed by atoms with Gasteiger partial charge in [0.15, 0.2) is 5.17 Å². The van der Waals surface area contributed by atoms with Crippen LogP contribution in [0.1, 0.15) is 11.3 Å². The Kier molecular flexibility index (Phi) is 5.88. The van der Waals surface area contributed by atoms with Crippen LogP contribution in [0.3, 0.4) is 0 Å². The second-order valence-electron chi connectivity index (χ2n) is 6.32. The number of rotatable bonds is 3. The summed E-state index contributed by atoms with van der Waals surface area (Å²) in [5.41, 5.74) is -0.642. The maximum absolute atomic E-state index is 13.3. The number of hydrogen-bond donors (Lipinski definition) is 1. The molecule has 31 heavy (non-hydrogen) atoms. The number of furan rings is 1. The standard InChI is InChI=1S/C21H11Cl2F3N2O2S/c22-11-5-7-16(14(9-11)21(24,25)26)27-20-28-19(29)18(31-20)10-12-6-8-17(30-12)13-3-1-2-4-15(13)23/h1-10H,(H,27,28,29). The quantitative estimate of drug-likeness (QED) is 0.402. The second kappa shape index (κ2) is 8.45. The van der Waals surface area contributed by atoms with Crippen LogP contribution in [-0.2, 0) is 11.0 Å². The molecule has 1 aliphatic heterocycles. The number of carbonyl (C=O) groups excluding carboxylic acids is 1. The maximum Gasteiger partial charge on any atom is 0.418 e. The highest BCUT2D eigenvalue weighted by molar-refractivity contribution is 8.18. The summed E-state index contributed by atoms with van der Waals surface area (Å²) in [7, 11) is 0. The highest BCUT2D eigenvalue weighted by Crippen LogP contribution is 2.39. The molecule has 0 spiro atoms. The summed E-state index contributed by atoms with van der Waals surface area (Å²) in [4.78, 5) is 16.4. The number of alkyl halides is 3. The van der Waals surface area contributed by atoms with Gasteiger partial charge < -0.3 is 9.73 Å². The van der Waals surface area contributed by atoms with Crippen molar-refractivity contribution < 1.29 is 22.4 Å². The van der Waals surface area contributed by atoms with Gasteiger partial charge in [0.25, 0.3) is 5.91 Å². The fourth-order valence-corrected chi connectivity index (χ4v) is 4.00. The third kappa shape index (κ3) is 4.81. The first kappa shape index (κ1) is 21.5. The van der Waals surface area contributed by atoms with E-state index in [0.29, 0.717) is 22.1 Å². The largest absolute Gasteiger partial charge is 0.457 e. The van der Waals surface area contributed by atoms with E-state index in [9.17, 15) is 18.0 Å². The Bertz CT molecular complexity index is 1240. The minimum Gasteiger partial charge on any atom is -0.457 e. The predicted octanol–water partition coefficient (Wildman–Crippen LogP) is 7.16. The van der Waals surface area contributed by atoms with Gasteiger partial charge in [0, 0.05) is 16.7 Å². The van der Waals surface area contributed by atoms with E-state index in [1.807, 2.05) is 6.07 Å². The molecule has 0 bridgehead atoms. The fourth-order valence-electron chi connectivity index (χ4n) is 2.79. The van der Waals surface area contributed by atoms with Crippen molar-refractivity contribution in [3.05, 3.63) is 80.9 Å². The molecule has 1 fully saturated rings. The lowest BCUT2D eigenvalue weighted by Gasteiger charge is -2.10. The van der Waals surface area contributed by atoms with Gasteiger partial charge in [-0.05, 0) is 54.2 Å². The van der Waals surface area contributed by atoms with Crippen LogP contribution >= 0.6 is 35.0 Å². The van der Waals surface area contributed by atoms with E-state index in [2.05, 4.69) is 10.3 Å². The zero-order valence-electron chi connectivity index (χ0n) is 15.3. The van der Waals surface area contributed by atoms with E-state index in [4.69, 9.17) is 27.6 Å². The molecule has 2 aromatic carbocycles. The molecule has 3 aromatic rings. The lowest BCUT2D eigenvalue weighted by molar-refractivity contribution is -0.137. The number of amidine groups is 1. The van der Waals surface area contributed by atoms with Crippen LogP contribution in [0.4, 0.5) is 18.9 Å². The molecular formula is C21H11Cl2F3N2O2S. The van der Waals surface area contributed by atoms with Crippen molar-refractivity contribution >= 4 is 57.8 Å². The number of hydrogen-bond acceptors (Lipinski definition) is 4. The van der Waals surface area contributed by atoms with Gasteiger partial charge in [-0.25, -0.2) is 4.99 Å². The van der Waals surface area contributed by atoms with Crippen LogP contribution in [0.15, 0.2) is 68.9 Å². The van der Waals surface area contributed by atoms with Crippen molar-refractivity contribution in [3.8, 4) is 11.3 Å². The van der Waals surface area contributed by atoms with E-state index < -0.39 is 17.6 Å². The minimum atomic E-state index is -4.64. The summed E-state index contributed by atoms with van der Waals surface area (Å²) in [6, 6.07) is 13.7. The average molecular weight is 483 g/mol. The highest BCUT2D eigenvalue weighted by Gasteiger charge is 2.34. The Labute approximate surface area is 188 Å². The lowest BCUT2D eigenvalue weighted by Crippen LogP contribution is -2.19. The van der Waals surface area contributed by atoms with Crippen molar-refractivity contribution in [3.63, 3.8) is 0 Å². The molecule has 0 aliphatic carbocycles. The zero-order valence-corrected chi connectivity index (χ0v) is 17.7. The lowest BCUT2D eigenvalue weighted by atomic mass is 10.2. The Morgan fingerprint density at radius 1 is 1.06 bits per heavy atom. The van der Waals surface area contributed by atoms with Crippen LogP contribution in [0.5, 0.6) is 0 Å². The molecule has 158 valence electrons. The summed E-state index contributed by atoms with van der Waals surface area (Å²) in [5, 5.41) is 2.92. The van der Waals surface area contributed by atoms with E-state index in [1.165, 1.54) is 12.1 Å². The fraction of sp³-hybridized carbons (Fsp3) is 0.0476. The molecule has 10 heteroatoms. The smallest absolute Gasteiger partial charge is 0.418 e. The monoisotopic (exact) mass is 482 g/mol. The summed E-state index contributed by atoms with van der Waals surface area (Å²) < 4.78 is 45.5. The SMILES string of the molecule is O=C1NC(=Nc2ccc(Cl)cc2C(F)(F)F)SC1=Cc1ccc(-c2ccccc2Cl)o1. The third-order valence-electron chi connectivity index (χ3n) is 4.18. The molecule has 1 N–H and O–H groups in total. The Morgan fingerprint density at radius 2 is 1.84 bits per heavy atom. The van der Waals surface area contributed by atoms with Crippen molar-refractivity contribution in [2.24, 2.45) is 4.99 Å². The topological polar surface area (TPSA) is 54.6 Å². The molecule has 1 saturated heterocycles. The van der Waals surface area contributed by atoms with Gasteiger partial charge in [-0.3, -0.25) is 4.79 Å². The first-order chi connectivity index (χ1) is 14.7. The number of halogens is 5. The molecule has 1 aromatic heterocycles. The molecule has 4 nitrogen and oxygen atoms in total. The zero-order chi connectivity index (χ0) is 22.2. The molecule has 0 unspecified atom stereocenters. The number of nitrogens with zero attached hydrogens (tertiary/aromatic N) is 1. The van der Waals surface area contributed by atoms with Crippen LogP contribution in [-0.4, -0.2) is 11.1 Å². The van der Waals surface area contributed by atoms with Crippen LogP contribution in [0.25, 0.3) is 17.4 Å². The van der Waals surface area contributed by atoms with Crippen molar-refractivity contribution in [1.82, 2.24) is 5.32 Å². The molecule has 1 amide bonds. The first-order valence-corrected chi connectivity index (χ1v) is 10.3. The molecule has 1 aliphatic rings. The average Bonchev–Trinajstić information content (AvgIpc) is 3.30. The van der Waals surface area contributed by atoms with Crippen LogP contribution in [0, 0.1) is 0 Å². The molecule has 0 saturated carbocycles. The van der Waals surface area contributed by atoms with Gasteiger partial charge in [0.1, 0.15) is 11.5 Å². The number of carbonyl (C=O) groups is 1. The van der Waals surface area contributed by atoms with Gasteiger partial charge in [-0.2, -0.15) is 13.2 Å². The molecule has 4 rings (SSSR count). The Morgan fingerprint density at radius 3 is 2.58 bits per heavy atom. The molecule has 2 heterocycles. The second-order valence-corrected chi connectivity index (χ2v) is 8.20. The summed E-state index contributed by atoms with van der Waals surface area (Å²) >= 11 is 12.7. The third-order valence-corrected chi connectivity index (χ3v) is 5.65. The van der Waals surface area contributed by atoms with Gasteiger partial charge in [-0.1, -0.05) is 35.3 Å². The van der Waals surface area contributed by atoms with E-state index >= 15 is 0 Å². The Hall–Kier alpha value is -2.68. The minimum absolute atomic E-state index is 0.0157. The van der Waals surface area contributed by atoms with Crippen LogP contribution < -0.4 is 5.32 Å². The van der Waals surface area contributed by atoms with Crippen molar-refractivity contribution in [2.45, 2.75) is 6.18 Å². The van der Waals surface area contributed by atoms with Crippen LogP contribution in [0.2, 0.25) is 10.0 Å². The van der Waals surface area contributed by atoms with Gasteiger partial charge in [0.2, 0.25) is 0 Å². The van der Waals surface area contributed by atoms with Gasteiger partial charge in [0.05, 0.1) is 21.2 Å². The number of amides is 1. The normalized spacial score (nSPS) is 16.9. The van der Waals surface area contributed by atoms with E-state index in [0.717, 1.165) is 23.9 Å². The number of thioether (sulfide) groups is 1. The summed E-state index contributed by atoms with van der Waals surface area (Å²) in [6.45, 7) is 0. The van der Waals surface area contributed by atoms with Gasteiger partial charge >= 0.3 is 6.18 Å². The first-order valence-electron chi connectivity index (χ1n) is 8.72. The maximum atomic E-state index is 13.3. The predicted molar refractivity (Wildman–Crippen MR) is 116 cm³/mol. The van der Waals surface area contributed by atoms with Gasteiger partial charge in [-0.15, -0.1) is 0 Å². The van der Waals surface area contributed by atoms with E-state index in [-0.39, 0.29) is 20.8 Å².